The number of benzene rings is 1. The van der Waals surface area contributed by atoms with E-state index in [0.717, 1.165) is 5.56 Å². The summed E-state index contributed by atoms with van der Waals surface area (Å²) in [7, 11) is 0. The highest BCUT2D eigenvalue weighted by molar-refractivity contribution is 5.86. The van der Waals surface area contributed by atoms with E-state index in [9.17, 15) is 4.79 Å². The molecule has 1 aromatic rings. The van der Waals surface area contributed by atoms with Crippen LogP contribution in [0.25, 0.3) is 0 Å². The van der Waals surface area contributed by atoms with Crippen LogP contribution in [0.5, 0.6) is 0 Å². The molecular weight excluding hydrogens is 244 g/mol. The van der Waals surface area contributed by atoms with Gasteiger partial charge in [-0.05, 0) is 12.0 Å². The molecule has 1 rings (SSSR count). The fourth-order valence-electron chi connectivity index (χ4n) is 1.60. The Bertz CT molecular complexity index is 420. The largest absolute Gasteiger partial charge is 0.409 e. The quantitative estimate of drug-likeness (QED) is 0.248. The minimum atomic E-state index is -0.299. The predicted octanol–water partition coefficient (Wildman–Crippen LogP) is 0.417. The fraction of sp³-hybridized carbons (Fsp3) is 0.385. The van der Waals surface area contributed by atoms with E-state index in [1.165, 1.54) is 0 Å². The molecule has 0 bridgehead atoms. The summed E-state index contributed by atoms with van der Waals surface area (Å²) in [6.07, 6.45) is 0.641. The van der Waals surface area contributed by atoms with Crippen LogP contribution in [-0.4, -0.2) is 29.5 Å². The van der Waals surface area contributed by atoms with Gasteiger partial charge in [-0.25, -0.2) is 0 Å². The number of rotatable bonds is 7. The second-order valence-electron chi connectivity index (χ2n) is 4.13. The summed E-state index contributed by atoms with van der Waals surface area (Å²) >= 11 is 0. The number of amidine groups is 1. The molecule has 0 aromatic heterocycles. The number of hydrogen-bond acceptors (Lipinski definition) is 4. The number of nitrogens with zero attached hydrogens (tertiary/aromatic N) is 1. The van der Waals surface area contributed by atoms with Crippen LogP contribution >= 0.6 is 0 Å². The maximum atomic E-state index is 11.6. The summed E-state index contributed by atoms with van der Waals surface area (Å²) < 4.78 is 0. The SMILES string of the molecule is CCC(NCC(=O)NCc1ccccc1)C(N)=NO. The first kappa shape index (κ1) is 15.0. The molecular formula is C13H20N4O2. The van der Waals surface area contributed by atoms with Gasteiger partial charge in [-0.3, -0.25) is 10.1 Å². The van der Waals surface area contributed by atoms with E-state index in [-0.39, 0.29) is 24.3 Å². The fourth-order valence-corrected chi connectivity index (χ4v) is 1.60. The van der Waals surface area contributed by atoms with Gasteiger partial charge in [-0.2, -0.15) is 0 Å². The van der Waals surface area contributed by atoms with Crippen molar-refractivity contribution in [1.29, 1.82) is 0 Å². The zero-order valence-corrected chi connectivity index (χ0v) is 11.0. The summed E-state index contributed by atoms with van der Waals surface area (Å²) in [5.74, 6) is -0.0496. The van der Waals surface area contributed by atoms with Crippen LogP contribution in [-0.2, 0) is 11.3 Å². The van der Waals surface area contributed by atoms with Gasteiger partial charge in [-0.1, -0.05) is 42.4 Å². The molecule has 1 unspecified atom stereocenters. The van der Waals surface area contributed by atoms with Crippen molar-refractivity contribution in [3.63, 3.8) is 0 Å². The van der Waals surface area contributed by atoms with E-state index >= 15 is 0 Å². The molecule has 6 heteroatoms. The molecule has 6 nitrogen and oxygen atoms in total. The van der Waals surface area contributed by atoms with E-state index in [0.29, 0.717) is 13.0 Å². The molecule has 1 aromatic carbocycles. The second kappa shape index (κ2) is 8.10. The zero-order valence-electron chi connectivity index (χ0n) is 11.0. The Morgan fingerprint density at radius 1 is 1.42 bits per heavy atom. The van der Waals surface area contributed by atoms with Crippen molar-refractivity contribution in [2.45, 2.75) is 25.9 Å². The van der Waals surface area contributed by atoms with Gasteiger partial charge in [0.1, 0.15) is 0 Å². The number of oxime groups is 1. The number of amides is 1. The van der Waals surface area contributed by atoms with Crippen LogP contribution in [0.1, 0.15) is 18.9 Å². The van der Waals surface area contributed by atoms with Gasteiger partial charge in [0, 0.05) is 6.54 Å². The summed E-state index contributed by atoms with van der Waals surface area (Å²) in [4.78, 5) is 11.6. The third kappa shape index (κ3) is 5.39. The van der Waals surface area contributed by atoms with Crippen LogP contribution in [0, 0.1) is 0 Å². The number of nitrogens with one attached hydrogen (secondary N) is 2. The molecule has 104 valence electrons. The Morgan fingerprint density at radius 2 is 2.11 bits per heavy atom. The molecule has 1 amide bonds. The number of nitrogens with two attached hydrogens (primary N) is 1. The van der Waals surface area contributed by atoms with Gasteiger partial charge >= 0.3 is 0 Å². The molecule has 0 radical (unpaired) electrons. The maximum absolute atomic E-state index is 11.6. The van der Waals surface area contributed by atoms with Crippen molar-refractivity contribution >= 4 is 11.7 Å². The Morgan fingerprint density at radius 3 is 2.68 bits per heavy atom. The van der Waals surface area contributed by atoms with Crippen molar-refractivity contribution in [3.8, 4) is 0 Å². The highest BCUT2D eigenvalue weighted by Crippen LogP contribution is 1.97. The topological polar surface area (TPSA) is 99.7 Å². The highest BCUT2D eigenvalue weighted by Gasteiger charge is 2.12. The normalized spacial score (nSPS) is 13.0. The van der Waals surface area contributed by atoms with Crippen LogP contribution < -0.4 is 16.4 Å². The van der Waals surface area contributed by atoms with Gasteiger partial charge < -0.3 is 16.3 Å². The minimum absolute atomic E-state index is 0.0818. The molecule has 0 aliphatic carbocycles. The van der Waals surface area contributed by atoms with Crippen LogP contribution in [0.4, 0.5) is 0 Å². The zero-order chi connectivity index (χ0) is 14.1. The lowest BCUT2D eigenvalue weighted by atomic mass is 10.2. The smallest absolute Gasteiger partial charge is 0.234 e. The average molecular weight is 264 g/mol. The van der Waals surface area contributed by atoms with E-state index in [1.807, 2.05) is 37.3 Å². The Kier molecular flexibility index (Phi) is 6.38. The third-order valence-corrected chi connectivity index (χ3v) is 2.72. The molecule has 19 heavy (non-hydrogen) atoms. The Hall–Kier alpha value is -2.08. The monoisotopic (exact) mass is 264 g/mol. The van der Waals surface area contributed by atoms with Crippen LogP contribution in [0.3, 0.4) is 0 Å². The van der Waals surface area contributed by atoms with Crippen molar-refractivity contribution in [2.75, 3.05) is 6.54 Å². The molecule has 0 aliphatic rings. The number of carbonyl (C=O) groups is 1. The Balaban J connectivity index is 2.32. The predicted molar refractivity (Wildman–Crippen MR) is 73.8 cm³/mol. The first-order valence-corrected chi connectivity index (χ1v) is 6.18. The molecule has 1 atom stereocenters. The lowest BCUT2D eigenvalue weighted by Gasteiger charge is -2.15. The summed E-state index contributed by atoms with van der Waals surface area (Å²) in [6.45, 7) is 2.50. The van der Waals surface area contributed by atoms with Crippen LogP contribution in [0.2, 0.25) is 0 Å². The van der Waals surface area contributed by atoms with Gasteiger partial charge in [-0.15, -0.1) is 0 Å². The molecule has 0 saturated heterocycles. The van der Waals surface area contributed by atoms with Crippen molar-refractivity contribution in [2.24, 2.45) is 10.9 Å². The third-order valence-electron chi connectivity index (χ3n) is 2.72. The highest BCUT2D eigenvalue weighted by atomic mass is 16.4. The van der Waals surface area contributed by atoms with E-state index in [2.05, 4.69) is 15.8 Å². The molecule has 0 aliphatic heterocycles. The summed E-state index contributed by atoms with van der Waals surface area (Å²) in [5, 5.41) is 17.2. The molecule has 0 fully saturated rings. The average Bonchev–Trinajstić information content (AvgIpc) is 2.46. The molecule has 0 heterocycles. The van der Waals surface area contributed by atoms with Gasteiger partial charge in [0.05, 0.1) is 12.6 Å². The molecule has 0 spiro atoms. The Labute approximate surface area is 112 Å². The summed E-state index contributed by atoms with van der Waals surface area (Å²) in [6, 6.07) is 9.36. The second-order valence-corrected chi connectivity index (χ2v) is 4.13. The first-order valence-electron chi connectivity index (χ1n) is 6.18. The number of hydrogen-bond donors (Lipinski definition) is 4. The van der Waals surface area contributed by atoms with Gasteiger partial charge in [0.25, 0.3) is 0 Å². The summed E-state index contributed by atoms with van der Waals surface area (Å²) in [5.41, 5.74) is 6.53. The van der Waals surface area contributed by atoms with Gasteiger partial charge in [0.2, 0.25) is 5.91 Å². The van der Waals surface area contributed by atoms with E-state index in [4.69, 9.17) is 10.9 Å². The van der Waals surface area contributed by atoms with Crippen LogP contribution in [0.15, 0.2) is 35.5 Å². The number of carbonyl (C=O) groups excluding carboxylic acids is 1. The lowest BCUT2D eigenvalue weighted by molar-refractivity contribution is -0.120. The van der Waals surface area contributed by atoms with Crippen molar-refractivity contribution < 1.29 is 10.0 Å². The maximum Gasteiger partial charge on any atom is 0.234 e. The van der Waals surface area contributed by atoms with Gasteiger partial charge in [0.15, 0.2) is 5.84 Å². The van der Waals surface area contributed by atoms with Crippen molar-refractivity contribution in [3.05, 3.63) is 35.9 Å². The lowest BCUT2D eigenvalue weighted by Crippen LogP contribution is -2.45. The molecule has 5 N–H and O–H groups in total. The van der Waals surface area contributed by atoms with Crippen molar-refractivity contribution in [1.82, 2.24) is 10.6 Å². The minimum Gasteiger partial charge on any atom is -0.409 e. The molecule has 0 saturated carbocycles. The first-order chi connectivity index (χ1) is 9.17. The van der Waals surface area contributed by atoms with E-state index < -0.39 is 0 Å². The van der Waals surface area contributed by atoms with E-state index in [1.54, 1.807) is 0 Å². The standard InChI is InChI=1S/C13H20N4O2/c1-2-11(13(14)17-19)15-9-12(18)16-8-10-6-4-3-5-7-10/h3-7,11,15,19H,2,8-9H2,1H3,(H2,14,17)(H,16,18).